The lowest BCUT2D eigenvalue weighted by Crippen LogP contribution is -2.27. The molecular weight excluding hydrogens is 138 g/mol. The third kappa shape index (κ3) is 1.64. The second kappa shape index (κ2) is 2.40. The molecule has 62 valence electrons. The lowest BCUT2D eigenvalue weighted by atomic mass is 10.1. The van der Waals surface area contributed by atoms with Crippen LogP contribution < -0.4 is 11.5 Å². The zero-order valence-electron chi connectivity index (χ0n) is 6.66. The lowest BCUT2D eigenvalue weighted by molar-refractivity contribution is 0.532. The molecule has 2 aliphatic rings. The van der Waals surface area contributed by atoms with Gasteiger partial charge in [-0.2, -0.15) is 0 Å². The first-order chi connectivity index (χ1) is 5.27. The van der Waals surface area contributed by atoms with Crippen LogP contribution in [0.25, 0.3) is 0 Å². The molecule has 2 saturated carbocycles. The first kappa shape index (κ1) is 6.95. The van der Waals surface area contributed by atoms with Gasteiger partial charge >= 0.3 is 0 Å². The van der Waals surface area contributed by atoms with Gasteiger partial charge in [-0.05, 0) is 37.5 Å². The van der Waals surface area contributed by atoms with Gasteiger partial charge in [-0.3, -0.25) is 0 Å². The Balaban J connectivity index is 1.97. The highest BCUT2D eigenvalue weighted by Gasteiger charge is 2.41. The average molecular weight is 153 g/mol. The van der Waals surface area contributed by atoms with E-state index < -0.39 is 0 Å². The third-order valence-electron chi connectivity index (χ3n) is 2.51. The Bertz CT molecular complexity index is 164. The van der Waals surface area contributed by atoms with E-state index in [9.17, 15) is 0 Å². The monoisotopic (exact) mass is 153 g/mol. The molecule has 0 bridgehead atoms. The van der Waals surface area contributed by atoms with Crippen LogP contribution in [0, 0.1) is 11.8 Å². The summed E-state index contributed by atoms with van der Waals surface area (Å²) in [7, 11) is 0. The Labute approximate surface area is 66.9 Å². The van der Waals surface area contributed by atoms with Gasteiger partial charge in [0.15, 0.2) is 5.96 Å². The SMILES string of the molecule is NC(N)=NC(C1CC1)C1CC1. The summed E-state index contributed by atoms with van der Waals surface area (Å²) in [6.45, 7) is 0. The summed E-state index contributed by atoms with van der Waals surface area (Å²) in [5.41, 5.74) is 10.7. The van der Waals surface area contributed by atoms with Crippen molar-refractivity contribution >= 4 is 5.96 Å². The highest BCUT2D eigenvalue weighted by atomic mass is 15.0. The number of nitrogens with zero attached hydrogens (tertiary/aromatic N) is 1. The van der Waals surface area contributed by atoms with Crippen LogP contribution in [-0.4, -0.2) is 12.0 Å². The maximum absolute atomic E-state index is 5.35. The molecule has 4 N–H and O–H groups in total. The van der Waals surface area contributed by atoms with Crippen molar-refractivity contribution in [2.24, 2.45) is 28.3 Å². The predicted octanol–water partition coefficient (Wildman–Crippen LogP) is 0.448. The van der Waals surface area contributed by atoms with Gasteiger partial charge in [0.25, 0.3) is 0 Å². The van der Waals surface area contributed by atoms with E-state index in [0.717, 1.165) is 11.8 Å². The van der Waals surface area contributed by atoms with E-state index in [-0.39, 0.29) is 5.96 Å². The first-order valence-electron chi connectivity index (χ1n) is 4.36. The quantitative estimate of drug-likeness (QED) is 0.456. The Kier molecular flexibility index (Phi) is 1.51. The first-order valence-corrected chi connectivity index (χ1v) is 4.36. The van der Waals surface area contributed by atoms with Crippen LogP contribution in [0.15, 0.2) is 4.99 Å². The van der Waals surface area contributed by atoms with Gasteiger partial charge in [-0.15, -0.1) is 0 Å². The summed E-state index contributed by atoms with van der Waals surface area (Å²) in [6, 6.07) is 0.472. The van der Waals surface area contributed by atoms with Crippen LogP contribution in [0.5, 0.6) is 0 Å². The van der Waals surface area contributed by atoms with Gasteiger partial charge in [0.05, 0.1) is 6.04 Å². The van der Waals surface area contributed by atoms with E-state index in [4.69, 9.17) is 11.5 Å². The molecule has 2 fully saturated rings. The fourth-order valence-corrected chi connectivity index (χ4v) is 1.64. The van der Waals surface area contributed by atoms with E-state index in [0.29, 0.717) is 6.04 Å². The van der Waals surface area contributed by atoms with Crippen molar-refractivity contribution < 1.29 is 0 Å². The third-order valence-corrected chi connectivity index (χ3v) is 2.51. The van der Waals surface area contributed by atoms with Gasteiger partial charge in [-0.25, -0.2) is 4.99 Å². The number of nitrogens with two attached hydrogens (primary N) is 2. The molecular formula is C8H15N3. The van der Waals surface area contributed by atoms with Crippen molar-refractivity contribution in [2.45, 2.75) is 31.7 Å². The maximum atomic E-state index is 5.35. The Hall–Kier alpha value is -0.730. The number of aliphatic imine (C=N–C) groups is 1. The fraction of sp³-hybridized carbons (Fsp3) is 0.875. The van der Waals surface area contributed by atoms with Gasteiger partial charge in [0.1, 0.15) is 0 Å². The van der Waals surface area contributed by atoms with E-state index in [1.807, 2.05) is 0 Å². The molecule has 3 nitrogen and oxygen atoms in total. The Morgan fingerprint density at radius 1 is 1.09 bits per heavy atom. The molecule has 0 heterocycles. The van der Waals surface area contributed by atoms with Crippen molar-refractivity contribution in [3.05, 3.63) is 0 Å². The van der Waals surface area contributed by atoms with Gasteiger partial charge in [0, 0.05) is 0 Å². The summed E-state index contributed by atoms with van der Waals surface area (Å²) < 4.78 is 0. The Morgan fingerprint density at radius 2 is 1.55 bits per heavy atom. The highest BCUT2D eigenvalue weighted by Crippen LogP contribution is 2.46. The summed E-state index contributed by atoms with van der Waals surface area (Å²) in [5.74, 6) is 1.89. The minimum atomic E-state index is 0.272. The highest BCUT2D eigenvalue weighted by molar-refractivity contribution is 5.76. The van der Waals surface area contributed by atoms with Gasteiger partial charge in [-0.1, -0.05) is 0 Å². The molecule has 0 aromatic carbocycles. The topological polar surface area (TPSA) is 64.4 Å². The second-order valence-electron chi connectivity index (χ2n) is 3.72. The smallest absolute Gasteiger partial charge is 0.186 e. The van der Waals surface area contributed by atoms with E-state index in [1.54, 1.807) is 0 Å². The zero-order valence-corrected chi connectivity index (χ0v) is 6.66. The molecule has 0 atom stereocenters. The normalized spacial score (nSPS) is 23.7. The van der Waals surface area contributed by atoms with Crippen LogP contribution in [0.1, 0.15) is 25.7 Å². The van der Waals surface area contributed by atoms with Gasteiger partial charge in [0.2, 0.25) is 0 Å². The van der Waals surface area contributed by atoms with E-state index in [2.05, 4.69) is 4.99 Å². The maximum Gasteiger partial charge on any atom is 0.186 e. The molecule has 2 rings (SSSR count). The molecule has 0 amide bonds. The average Bonchev–Trinajstić information content (AvgIpc) is 2.79. The van der Waals surface area contributed by atoms with Crippen molar-refractivity contribution in [2.75, 3.05) is 0 Å². The molecule has 0 aromatic rings. The van der Waals surface area contributed by atoms with Crippen LogP contribution >= 0.6 is 0 Å². The summed E-state index contributed by atoms with van der Waals surface area (Å²) in [6.07, 6.45) is 5.33. The van der Waals surface area contributed by atoms with Crippen molar-refractivity contribution in [3.63, 3.8) is 0 Å². The number of hydrogen-bond donors (Lipinski definition) is 2. The standard InChI is InChI=1S/C8H15N3/c9-8(10)11-7(5-1-2-5)6-3-4-6/h5-7H,1-4H2,(H4,9,10,11). The molecule has 0 saturated heterocycles. The van der Waals surface area contributed by atoms with E-state index >= 15 is 0 Å². The molecule has 0 spiro atoms. The lowest BCUT2D eigenvalue weighted by Gasteiger charge is -2.08. The number of guanidine groups is 1. The minimum Gasteiger partial charge on any atom is -0.370 e. The second-order valence-corrected chi connectivity index (χ2v) is 3.72. The molecule has 0 aliphatic heterocycles. The number of hydrogen-bond acceptors (Lipinski definition) is 1. The largest absolute Gasteiger partial charge is 0.370 e. The van der Waals surface area contributed by atoms with Crippen molar-refractivity contribution in [1.82, 2.24) is 0 Å². The molecule has 11 heavy (non-hydrogen) atoms. The predicted molar refractivity (Wildman–Crippen MR) is 45.0 cm³/mol. The van der Waals surface area contributed by atoms with Crippen LogP contribution in [0.2, 0.25) is 0 Å². The van der Waals surface area contributed by atoms with Gasteiger partial charge < -0.3 is 11.5 Å². The summed E-state index contributed by atoms with van der Waals surface area (Å²) >= 11 is 0. The molecule has 0 aromatic heterocycles. The minimum absolute atomic E-state index is 0.272. The molecule has 0 unspecified atom stereocenters. The summed E-state index contributed by atoms with van der Waals surface area (Å²) in [4.78, 5) is 4.27. The van der Waals surface area contributed by atoms with E-state index in [1.165, 1.54) is 25.7 Å². The van der Waals surface area contributed by atoms with Crippen molar-refractivity contribution in [1.29, 1.82) is 0 Å². The molecule has 0 radical (unpaired) electrons. The van der Waals surface area contributed by atoms with Crippen LogP contribution in [-0.2, 0) is 0 Å². The molecule has 2 aliphatic carbocycles. The fourth-order valence-electron chi connectivity index (χ4n) is 1.64. The van der Waals surface area contributed by atoms with Crippen LogP contribution in [0.4, 0.5) is 0 Å². The molecule has 3 heteroatoms. The van der Waals surface area contributed by atoms with Crippen molar-refractivity contribution in [3.8, 4) is 0 Å². The Morgan fingerprint density at radius 3 is 1.82 bits per heavy atom. The van der Waals surface area contributed by atoms with Crippen LogP contribution in [0.3, 0.4) is 0 Å². The summed E-state index contributed by atoms with van der Waals surface area (Å²) in [5, 5.41) is 0. The zero-order chi connectivity index (χ0) is 7.84. The number of rotatable bonds is 3.